The van der Waals surface area contributed by atoms with Crippen LogP contribution in [0.15, 0.2) is 63.9 Å². The summed E-state index contributed by atoms with van der Waals surface area (Å²) in [4.78, 5) is 29.4. The number of carbonyl (C=O) groups excluding carboxylic acids is 1. The first-order valence-electron chi connectivity index (χ1n) is 10.6. The summed E-state index contributed by atoms with van der Waals surface area (Å²) in [5, 5.41) is 2.87. The molecule has 1 amide bonds. The monoisotopic (exact) mass is 447 g/mol. The number of hydrogen-bond acceptors (Lipinski definition) is 6. The van der Waals surface area contributed by atoms with Gasteiger partial charge in [-0.25, -0.2) is 4.98 Å². The molecular formula is C25H25N3O5. The summed E-state index contributed by atoms with van der Waals surface area (Å²) >= 11 is 0. The predicted octanol–water partition coefficient (Wildman–Crippen LogP) is 4.20. The van der Waals surface area contributed by atoms with Crippen LogP contribution in [0.4, 0.5) is 5.69 Å². The van der Waals surface area contributed by atoms with E-state index in [1.54, 1.807) is 26.0 Å². The smallest absolute Gasteiger partial charge is 0.287 e. The third-order valence-corrected chi connectivity index (χ3v) is 5.00. The number of hydrogen-bond donors (Lipinski definition) is 1. The quantitative estimate of drug-likeness (QED) is 0.456. The molecule has 0 fully saturated rings. The Hall–Kier alpha value is -4.07. The summed E-state index contributed by atoms with van der Waals surface area (Å²) in [6.07, 6.45) is -0.713. The number of amides is 1. The SMILES string of the molecule is Cc1ccc(O[C@@H](C)C(=O)Nc2cc(C)ccc2OCc2cc(=O)n3oc(C)cc3n2)cc1. The van der Waals surface area contributed by atoms with Gasteiger partial charge in [0, 0.05) is 12.1 Å². The molecule has 4 aromatic rings. The van der Waals surface area contributed by atoms with Crippen molar-refractivity contribution in [3.05, 3.63) is 87.5 Å². The minimum atomic E-state index is -0.713. The predicted molar refractivity (Wildman–Crippen MR) is 124 cm³/mol. The van der Waals surface area contributed by atoms with Crippen LogP contribution < -0.4 is 20.3 Å². The summed E-state index contributed by atoms with van der Waals surface area (Å²) in [6, 6.07) is 16.0. The summed E-state index contributed by atoms with van der Waals surface area (Å²) in [6.45, 7) is 7.39. The second kappa shape index (κ2) is 9.20. The molecule has 0 aliphatic rings. The molecule has 0 saturated carbocycles. The number of fused-ring (bicyclic) bond motifs is 1. The Morgan fingerprint density at radius 1 is 1.06 bits per heavy atom. The molecule has 2 aromatic heterocycles. The van der Waals surface area contributed by atoms with Gasteiger partial charge in [-0.1, -0.05) is 23.8 Å². The zero-order valence-corrected chi connectivity index (χ0v) is 18.9. The Labute approximate surface area is 190 Å². The molecule has 0 bridgehead atoms. The highest BCUT2D eigenvalue weighted by Crippen LogP contribution is 2.27. The van der Waals surface area contributed by atoms with Gasteiger partial charge in [-0.05, 0) is 57.5 Å². The molecule has 33 heavy (non-hydrogen) atoms. The van der Waals surface area contributed by atoms with E-state index >= 15 is 0 Å². The van der Waals surface area contributed by atoms with E-state index in [4.69, 9.17) is 14.0 Å². The van der Waals surface area contributed by atoms with Crippen LogP contribution in [0.1, 0.15) is 29.5 Å². The number of carbonyl (C=O) groups is 1. The standard InChI is InChI=1S/C25H25N3O5/c1-15-5-8-20(9-6-15)32-18(4)25(30)27-21-11-16(2)7-10-22(21)31-14-19-13-24(29)28-23(26-19)12-17(3)33-28/h5-13,18H,14H2,1-4H3,(H,27,30)/t18-/m0/s1. The highest BCUT2D eigenvalue weighted by molar-refractivity contribution is 5.95. The first-order chi connectivity index (χ1) is 15.8. The molecule has 170 valence electrons. The molecule has 0 spiro atoms. The lowest BCUT2D eigenvalue weighted by atomic mass is 10.2. The fourth-order valence-electron chi connectivity index (χ4n) is 3.28. The number of nitrogens with one attached hydrogen (secondary N) is 1. The van der Waals surface area contributed by atoms with Crippen LogP contribution in [-0.4, -0.2) is 21.6 Å². The number of benzene rings is 2. The molecule has 0 radical (unpaired) electrons. The highest BCUT2D eigenvalue weighted by atomic mass is 16.5. The fourth-order valence-corrected chi connectivity index (χ4v) is 3.28. The van der Waals surface area contributed by atoms with Crippen molar-refractivity contribution in [2.75, 3.05) is 5.32 Å². The van der Waals surface area contributed by atoms with Crippen LogP contribution in [0.3, 0.4) is 0 Å². The second-order valence-corrected chi connectivity index (χ2v) is 7.94. The maximum atomic E-state index is 12.8. The minimum absolute atomic E-state index is 0.0529. The van der Waals surface area contributed by atoms with E-state index in [1.165, 1.54) is 6.07 Å². The van der Waals surface area contributed by atoms with Gasteiger partial charge >= 0.3 is 0 Å². The van der Waals surface area contributed by atoms with E-state index in [2.05, 4.69) is 10.3 Å². The molecule has 0 aliphatic heterocycles. The van der Waals surface area contributed by atoms with Crippen LogP contribution in [-0.2, 0) is 11.4 Å². The van der Waals surface area contributed by atoms with E-state index in [-0.39, 0.29) is 18.1 Å². The van der Waals surface area contributed by atoms with Crippen LogP contribution in [0, 0.1) is 20.8 Å². The molecule has 8 nitrogen and oxygen atoms in total. The van der Waals surface area contributed by atoms with Crippen molar-refractivity contribution < 1.29 is 18.8 Å². The zero-order valence-electron chi connectivity index (χ0n) is 18.9. The number of ether oxygens (including phenoxy) is 2. The molecule has 8 heteroatoms. The number of aryl methyl sites for hydroxylation is 3. The average Bonchev–Trinajstić information content (AvgIpc) is 3.15. The van der Waals surface area contributed by atoms with Crippen molar-refractivity contribution in [3.8, 4) is 11.5 Å². The maximum absolute atomic E-state index is 12.8. The van der Waals surface area contributed by atoms with E-state index < -0.39 is 6.10 Å². The lowest BCUT2D eigenvalue weighted by Crippen LogP contribution is -2.30. The average molecular weight is 447 g/mol. The summed E-state index contributed by atoms with van der Waals surface area (Å²) in [7, 11) is 0. The van der Waals surface area contributed by atoms with Gasteiger partial charge in [-0.2, -0.15) is 0 Å². The molecule has 2 heterocycles. The summed E-state index contributed by atoms with van der Waals surface area (Å²) < 4.78 is 18.1. The van der Waals surface area contributed by atoms with Gasteiger partial charge in [-0.3, -0.25) is 9.59 Å². The van der Waals surface area contributed by atoms with Crippen molar-refractivity contribution in [1.29, 1.82) is 0 Å². The van der Waals surface area contributed by atoms with Gasteiger partial charge in [0.15, 0.2) is 11.8 Å². The number of rotatable bonds is 7. The molecule has 1 atom stereocenters. The second-order valence-electron chi connectivity index (χ2n) is 7.94. The largest absolute Gasteiger partial charge is 0.485 e. The summed E-state index contributed by atoms with van der Waals surface area (Å²) in [5.41, 5.74) is 3.12. The normalized spacial score (nSPS) is 11.9. The van der Waals surface area contributed by atoms with Gasteiger partial charge in [0.25, 0.3) is 11.5 Å². The number of nitrogens with zero attached hydrogens (tertiary/aromatic N) is 2. The Kier molecular flexibility index (Phi) is 6.17. The maximum Gasteiger partial charge on any atom is 0.287 e. The van der Waals surface area contributed by atoms with Crippen LogP contribution in [0.25, 0.3) is 5.65 Å². The Balaban J connectivity index is 1.47. The van der Waals surface area contributed by atoms with Gasteiger partial charge in [0.2, 0.25) is 0 Å². The first-order valence-corrected chi connectivity index (χ1v) is 10.6. The van der Waals surface area contributed by atoms with Crippen molar-refractivity contribution in [2.45, 2.75) is 40.4 Å². The highest BCUT2D eigenvalue weighted by Gasteiger charge is 2.17. The van der Waals surface area contributed by atoms with E-state index in [1.807, 2.05) is 50.2 Å². The lowest BCUT2D eigenvalue weighted by Gasteiger charge is -2.17. The van der Waals surface area contributed by atoms with Crippen molar-refractivity contribution in [2.24, 2.45) is 0 Å². The van der Waals surface area contributed by atoms with E-state index in [0.717, 1.165) is 15.7 Å². The molecular weight excluding hydrogens is 422 g/mol. The summed E-state index contributed by atoms with van der Waals surface area (Å²) in [5.74, 6) is 1.36. The van der Waals surface area contributed by atoms with Crippen molar-refractivity contribution >= 4 is 17.2 Å². The van der Waals surface area contributed by atoms with E-state index in [0.29, 0.717) is 34.3 Å². The van der Waals surface area contributed by atoms with Crippen LogP contribution in [0.5, 0.6) is 11.5 Å². The van der Waals surface area contributed by atoms with Gasteiger partial charge in [0.1, 0.15) is 23.9 Å². The Morgan fingerprint density at radius 2 is 1.79 bits per heavy atom. The molecule has 4 rings (SSSR count). The third kappa shape index (κ3) is 5.23. The van der Waals surface area contributed by atoms with Crippen molar-refractivity contribution in [3.63, 3.8) is 0 Å². The molecule has 2 aromatic carbocycles. The van der Waals surface area contributed by atoms with Gasteiger partial charge < -0.3 is 19.3 Å². The number of aromatic nitrogens is 2. The Morgan fingerprint density at radius 3 is 2.55 bits per heavy atom. The van der Waals surface area contributed by atoms with E-state index in [9.17, 15) is 9.59 Å². The molecule has 0 unspecified atom stereocenters. The van der Waals surface area contributed by atoms with Gasteiger partial charge in [0.05, 0.1) is 11.4 Å². The number of anilines is 1. The first kappa shape index (κ1) is 22.1. The molecule has 1 N–H and O–H groups in total. The van der Waals surface area contributed by atoms with Crippen LogP contribution >= 0.6 is 0 Å². The topological polar surface area (TPSA) is 95.1 Å². The lowest BCUT2D eigenvalue weighted by molar-refractivity contribution is -0.122. The van der Waals surface area contributed by atoms with Crippen LogP contribution in [0.2, 0.25) is 0 Å². The molecule has 0 saturated heterocycles. The zero-order chi connectivity index (χ0) is 23.5. The minimum Gasteiger partial charge on any atom is -0.485 e. The van der Waals surface area contributed by atoms with Gasteiger partial charge in [-0.15, -0.1) is 4.57 Å². The molecule has 0 aliphatic carbocycles. The third-order valence-electron chi connectivity index (χ3n) is 5.00. The fraction of sp³-hybridized carbons (Fsp3) is 0.240. The van der Waals surface area contributed by atoms with Crippen molar-refractivity contribution in [1.82, 2.24) is 9.56 Å². The Bertz CT molecular complexity index is 1350.